The van der Waals surface area contributed by atoms with Gasteiger partial charge in [0.1, 0.15) is 11.0 Å². The average Bonchev–Trinajstić information content (AvgIpc) is 3.07. The molecular weight excluding hydrogens is 346 g/mol. The summed E-state index contributed by atoms with van der Waals surface area (Å²) in [4.78, 5) is 23.3. The molecule has 0 radical (unpaired) electrons. The highest BCUT2D eigenvalue weighted by atomic mass is 32.1. The fraction of sp³-hybridized carbons (Fsp3) is 0.350. The Labute approximate surface area is 156 Å². The molecule has 0 saturated carbocycles. The summed E-state index contributed by atoms with van der Waals surface area (Å²) < 4.78 is 1.15. The Balaban J connectivity index is 1.79. The van der Waals surface area contributed by atoms with Gasteiger partial charge in [0.05, 0.1) is 21.8 Å². The number of benzene rings is 1. The highest BCUT2D eigenvalue weighted by Gasteiger charge is 2.34. The van der Waals surface area contributed by atoms with E-state index in [-0.39, 0.29) is 12.0 Å². The number of pyridine rings is 1. The van der Waals surface area contributed by atoms with Crippen molar-refractivity contribution in [1.29, 1.82) is 0 Å². The number of aliphatic carboxylic acids is 1. The zero-order valence-corrected chi connectivity index (χ0v) is 15.4. The maximum Gasteiger partial charge on any atom is 0.307 e. The van der Waals surface area contributed by atoms with Gasteiger partial charge in [0.2, 0.25) is 0 Å². The van der Waals surface area contributed by atoms with Crippen LogP contribution in [0.25, 0.3) is 10.2 Å². The summed E-state index contributed by atoms with van der Waals surface area (Å²) in [6, 6.07) is 12.0. The minimum absolute atomic E-state index is 0.101. The summed E-state index contributed by atoms with van der Waals surface area (Å²) in [6.45, 7) is 3.45. The van der Waals surface area contributed by atoms with Crippen LogP contribution in [0.2, 0.25) is 0 Å². The van der Waals surface area contributed by atoms with Crippen molar-refractivity contribution < 1.29 is 9.90 Å². The van der Waals surface area contributed by atoms with Gasteiger partial charge in [0.15, 0.2) is 0 Å². The van der Waals surface area contributed by atoms with Crippen LogP contribution in [0.5, 0.6) is 0 Å². The van der Waals surface area contributed by atoms with Crippen molar-refractivity contribution in [3.05, 3.63) is 58.9 Å². The number of hydrogen-bond acceptors (Lipinski definition) is 5. The first-order chi connectivity index (χ1) is 12.6. The molecule has 1 aliphatic heterocycles. The Hall–Kier alpha value is -2.31. The van der Waals surface area contributed by atoms with Gasteiger partial charge >= 0.3 is 5.97 Å². The first-order valence-electron chi connectivity index (χ1n) is 8.87. The summed E-state index contributed by atoms with van der Waals surface area (Å²) in [5, 5.41) is 10.5. The summed E-state index contributed by atoms with van der Waals surface area (Å²) in [6.07, 6.45) is 3.42. The van der Waals surface area contributed by atoms with Gasteiger partial charge in [-0.25, -0.2) is 4.98 Å². The average molecular weight is 367 g/mol. The van der Waals surface area contributed by atoms with Crippen LogP contribution < -0.4 is 0 Å². The highest BCUT2D eigenvalue weighted by Crippen LogP contribution is 2.36. The molecule has 3 aromatic rings. The predicted molar refractivity (Wildman–Crippen MR) is 102 cm³/mol. The summed E-state index contributed by atoms with van der Waals surface area (Å²) in [7, 11) is 0. The van der Waals surface area contributed by atoms with Crippen molar-refractivity contribution in [3.63, 3.8) is 0 Å². The van der Waals surface area contributed by atoms with E-state index >= 15 is 0 Å². The number of rotatable bonds is 4. The molecule has 5 nitrogen and oxygen atoms in total. The zero-order valence-electron chi connectivity index (χ0n) is 14.6. The Morgan fingerprint density at radius 2 is 2.15 bits per heavy atom. The number of nitrogens with zero attached hydrogens (tertiary/aromatic N) is 3. The molecule has 2 atom stereocenters. The summed E-state index contributed by atoms with van der Waals surface area (Å²) in [5.74, 6) is -1.04. The van der Waals surface area contributed by atoms with E-state index in [1.807, 2.05) is 24.3 Å². The lowest BCUT2D eigenvalue weighted by Crippen LogP contribution is -2.41. The van der Waals surface area contributed by atoms with Crippen molar-refractivity contribution in [3.8, 4) is 0 Å². The Morgan fingerprint density at radius 1 is 1.31 bits per heavy atom. The number of thiazole rings is 1. The number of fused-ring (bicyclic) bond motifs is 1. The molecule has 134 valence electrons. The number of carboxylic acids is 1. The van der Waals surface area contributed by atoms with E-state index < -0.39 is 5.97 Å². The molecular formula is C20H21N3O2S. The molecule has 0 bridgehead atoms. The second-order valence-corrected chi connectivity index (χ2v) is 7.86. The first kappa shape index (κ1) is 17.1. The lowest BCUT2D eigenvalue weighted by atomic mass is 9.95. The van der Waals surface area contributed by atoms with Gasteiger partial charge in [-0.15, -0.1) is 11.3 Å². The standard InChI is InChI=1S/C20H21N3O2S/c1-13-6-4-10-21-17(13)18(23-11-5-7-14(12-23)20(24)25)19-22-15-8-2-3-9-16(15)26-19/h2-4,6,8-10,14,18H,5,7,11-12H2,1H3,(H,24,25). The van der Waals surface area contributed by atoms with E-state index in [0.717, 1.165) is 45.9 Å². The van der Waals surface area contributed by atoms with Crippen molar-refractivity contribution >= 4 is 27.5 Å². The van der Waals surface area contributed by atoms with Gasteiger partial charge in [0.25, 0.3) is 0 Å². The Kier molecular flexibility index (Phi) is 4.70. The second kappa shape index (κ2) is 7.13. The number of carboxylic acid groups (broad SMARTS) is 1. The second-order valence-electron chi connectivity index (χ2n) is 6.80. The van der Waals surface area contributed by atoms with Gasteiger partial charge in [-0.1, -0.05) is 18.2 Å². The van der Waals surface area contributed by atoms with Crippen LogP contribution in [-0.4, -0.2) is 39.0 Å². The topological polar surface area (TPSA) is 66.3 Å². The lowest BCUT2D eigenvalue weighted by Gasteiger charge is -2.36. The van der Waals surface area contributed by atoms with Crippen molar-refractivity contribution in [2.24, 2.45) is 5.92 Å². The lowest BCUT2D eigenvalue weighted by molar-refractivity contribution is -0.143. The quantitative estimate of drug-likeness (QED) is 0.758. The van der Waals surface area contributed by atoms with Gasteiger partial charge in [-0.3, -0.25) is 14.7 Å². The number of carbonyl (C=O) groups is 1. The van der Waals surface area contributed by atoms with Crippen molar-refractivity contribution in [1.82, 2.24) is 14.9 Å². The van der Waals surface area contributed by atoms with Crippen molar-refractivity contribution in [2.45, 2.75) is 25.8 Å². The smallest absolute Gasteiger partial charge is 0.307 e. The van der Waals surface area contributed by atoms with Gasteiger partial charge < -0.3 is 5.11 Å². The SMILES string of the molecule is Cc1cccnc1C(c1nc2ccccc2s1)N1CCCC(C(=O)O)C1. The molecule has 4 rings (SSSR count). The molecule has 1 N–H and O–H groups in total. The van der Waals surface area contributed by atoms with E-state index in [1.54, 1.807) is 17.5 Å². The van der Waals surface area contributed by atoms with E-state index in [4.69, 9.17) is 4.98 Å². The van der Waals surface area contributed by atoms with E-state index in [1.165, 1.54) is 0 Å². The molecule has 0 amide bonds. The molecule has 0 spiro atoms. The monoisotopic (exact) mass is 367 g/mol. The van der Waals surface area contributed by atoms with E-state index in [0.29, 0.717) is 6.54 Å². The maximum absolute atomic E-state index is 11.5. The maximum atomic E-state index is 11.5. The molecule has 1 aliphatic rings. The molecule has 6 heteroatoms. The molecule has 3 heterocycles. The minimum atomic E-state index is -0.713. The number of para-hydroxylation sites is 1. The third-order valence-electron chi connectivity index (χ3n) is 5.02. The number of hydrogen-bond donors (Lipinski definition) is 1. The van der Waals surface area contributed by atoms with E-state index in [2.05, 4.69) is 28.9 Å². The van der Waals surface area contributed by atoms with E-state index in [9.17, 15) is 9.90 Å². The van der Waals surface area contributed by atoms with Crippen LogP contribution in [0.3, 0.4) is 0 Å². The van der Waals surface area contributed by atoms with Crippen LogP contribution in [0.1, 0.15) is 35.1 Å². The Bertz CT molecular complexity index is 906. The number of likely N-dealkylation sites (tertiary alicyclic amines) is 1. The molecule has 2 unspecified atom stereocenters. The normalized spacial score (nSPS) is 19.5. The number of aromatic nitrogens is 2. The van der Waals surface area contributed by atoms with Crippen LogP contribution in [-0.2, 0) is 4.79 Å². The molecule has 0 aliphatic carbocycles. The highest BCUT2D eigenvalue weighted by molar-refractivity contribution is 7.18. The largest absolute Gasteiger partial charge is 0.481 e. The zero-order chi connectivity index (χ0) is 18.1. The molecule has 1 saturated heterocycles. The summed E-state index contributed by atoms with van der Waals surface area (Å²) >= 11 is 1.67. The molecule has 2 aromatic heterocycles. The molecule has 26 heavy (non-hydrogen) atoms. The fourth-order valence-electron chi connectivity index (χ4n) is 3.68. The van der Waals surface area contributed by atoms with Crippen LogP contribution >= 0.6 is 11.3 Å². The molecule has 1 fully saturated rings. The summed E-state index contributed by atoms with van der Waals surface area (Å²) in [5.41, 5.74) is 3.06. The molecule has 1 aromatic carbocycles. The first-order valence-corrected chi connectivity index (χ1v) is 9.69. The Morgan fingerprint density at radius 3 is 2.92 bits per heavy atom. The number of piperidine rings is 1. The van der Waals surface area contributed by atoms with Crippen LogP contribution in [0.15, 0.2) is 42.6 Å². The van der Waals surface area contributed by atoms with Gasteiger partial charge in [-0.05, 0) is 50.1 Å². The fourth-order valence-corrected chi connectivity index (χ4v) is 4.79. The van der Waals surface area contributed by atoms with Crippen molar-refractivity contribution in [2.75, 3.05) is 13.1 Å². The third-order valence-corrected chi connectivity index (χ3v) is 6.11. The third kappa shape index (κ3) is 3.22. The van der Waals surface area contributed by atoms with Gasteiger partial charge in [0, 0.05) is 12.7 Å². The minimum Gasteiger partial charge on any atom is -0.481 e. The van der Waals surface area contributed by atoms with Crippen LogP contribution in [0, 0.1) is 12.8 Å². The van der Waals surface area contributed by atoms with Crippen LogP contribution in [0.4, 0.5) is 0 Å². The number of aryl methyl sites for hydroxylation is 1. The predicted octanol–water partition coefficient (Wildman–Crippen LogP) is 3.89. The van der Waals surface area contributed by atoms with Gasteiger partial charge in [-0.2, -0.15) is 0 Å².